The van der Waals surface area contributed by atoms with Crippen molar-refractivity contribution in [2.45, 2.75) is 55.8 Å². The largest absolute Gasteiger partial charge is 0.388 e. The van der Waals surface area contributed by atoms with Crippen LogP contribution in [0.25, 0.3) is 10.8 Å². The summed E-state index contributed by atoms with van der Waals surface area (Å²) in [6.07, 6.45) is 35.2. The summed E-state index contributed by atoms with van der Waals surface area (Å²) in [5.41, 5.74) is 10.1. The number of allylic oxidation sites excluding steroid dienone is 6. The van der Waals surface area contributed by atoms with Crippen molar-refractivity contribution in [3.63, 3.8) is 0 Å². The van der Waals surface area contributed by atoms with Gasteiger partial charge in [-0.25, -0.2) is 0 Å². The Morgan fingerprint density at radius 1 is 0.882 bits per heavy atom. The highest BCUT2D eigenvalue weighted by Crippen LogP contribution is 2.54. The summed E-state index contributed by atoms with van der Waals surface area (Å²) in [5, 5.41) is 14.2. The quantitative estimate of drug-likeness (QED) is 0.307. The standard InChI is InChI=1S/C45H46N6/c1-2-10-32-27(7-1)14-18-39-41(32)36-23-28(15-17-38(36)51(39)40-25-30-9-4-20-47-43(30)45-34(40)12-6-22-49-45)37-16-13-31(26-50-37)35-24-29-8-3-19-46-42(29)44-33(35)11-5-21-48-44/h1-3,5-8,10-12,14-18,20,22,24-25,28,30-31,33-34,36,38,43-46,48,50H,4,9,13,19,21,23,26H2. The third-order valence-electron chi connectivity index (χ3n) is 13.3. The normalized spacial score (nSPS) is 36.9. The van der Waals surface area contributed by atoms with Crippen molar-refractivity contribution < 1.29 is 0 Å². The molecule has 51 heavy (non-hydrogen) atoms. The molecule has 10 atom stereocenters. The zero-order valence-corrected chi connectivity index (χ0v) is 29.0. The van der Waals surface area contributed by atoms with E-state index in [1.165, 1.54) is 44.7 Å². The van der Waals surface area contributed by atoms with Gasteiger partial charge in [0.15, 0.2) is 0 Å². The first kappa shape index (κ1) is 30.0. The van der Waals surface area contributed by atoms with E-state index in [0.29, 0.717) is 41.7 Å². The predicted molar refractivity (Wildman–Crippen MR) is 209 cm³/mol. The number of hydrogen-bond donors (Lipinski definition) is 3. The Morgan fingerprint density at radius 2 is 1.86 bits per heavy atom. The molecule has 11 rings (SSSR count). The molecule has 6 aliphatic heterocycles. The van der Waals surface area contributed by atoms with Crippen LogP contribution in [-0.2, 0) is 0 Å². The van der Waals surface area contributed by atoms with E-state index >= 15 is 0 Å². The molecule has 3 aliphatic carbocycles. The van der Waals surface area contributed by atoms with E-state index in [0.717, 1.165) is 45.3 Å². The van der Waals surface area contributed by atoms with Crippen LogP contribution in [0.4, 0.5) is 5.69 Å². The number of nitrogens with zero attached hydrogens (tertiary/aromatic N) is 3. The van der Waals surface area contributed by atoms with Crippen LogP contribution in [0, 0.1) is 29.6 Å². The van der Waals surface area contributed by atoms with Gasteiger partial charge in [-0.15, -0.1) is 0 Å². The Labute approximate surface area is 301 Å². The molecule has 6 nitrogen and oxygen atoms in total. The average Bonchev–Trinajstić information content (AvgIpc) is 3.54. The van der Waals surface area contributed by atoms with E-state index in [1.807, 2.05) is 6.21 Å². The lowest BCUT2D eigenvalue weighted by Crippen LogP contribution is -2.49. The third-order valence-corrected chi connectivity index (χ3v) is 13.3. The van der Waals surface area contributed by atoms with E-state index in [9.17, 15) is 0 Å². The lowest BCUT2D eigenvalue weighted by Gasteiger charge is -2.45. The van der Waals surface area contributed by atoms with E-state index in [-0.39, 0.29) is 18.0 Å². The highest BCUT2D eigenvalue weighted by Gasteiger charge is 2.49. The fourth-order valence-electron chi connectivity index (χ4n) is 11.0. The van der Waals surface area contributed by atoms with Crippen molar-refractivity contribution in [1.29, 1.82) is 0 Å². The van der Waals surface area contributed by atoms with E-state index in [4.69, 9.17) is 9.98 Å². The molecule has 3 N–H and O–H groups in total. The Bertz CT molecular complexity index is 2100. The molecule has 2 aromatic carbocycles. The number of hydrogen-bond acceptors (Lipinski definition) is 6. The predicted octanol–water partition coefficient (Wildman–Crippen LogP) is 7.05. The number of aliphatic imine (C=N–C) groups is 2. The van der Waals surface area contributed by atoms with Gasteiger partial charge in [-0.3, -0.25) is 9.98 Å². The molecular formula is C45H46N6. The number of rotatable bonds is 3. The number of anilines is 1. The van der Waals surface area contributed by atoms with Gasteiger partial charge in [-0.1, -0.05) is 96.7 Å². The maximum Gasteiger partial charge on any atom is 0.0845 e. The highest BCUT2D eigenvalue weighted by atomic mass is 15.2. The molecule has 0 amide bonds. The molecule has 0 radical (unpaired) electrons. The molecule has 2 aromatic rings. The zero-order valence-electron chi connectivity index (χ0n) is 29.0. The molecule has 0 saturated heterocycles. The van der Waals surface area contributed by atoms with Gasteiger partial charge in [0.05, 0.1) is 24.2 Å². The topological polar surface area (TPSA) is 64.0 Å². The second kappa shape index (κ2) is 11.9. The Balaban J connectivity index is 0.932. The minimum absolute atomic E-state index is 0.173. The summed E-state index contributed by atoms with van der Waals surface area (Å²) >= 11 is 0. The lowest BCUT2D eigenvalue weighted by molar-refractivity contribution is 0.331. The Morgan fingerprint density at radius 3 is 2.82 bits per heavy atom. The van der Waals surface area contributed by atoms with E-state index < -0.39 is 0 Å². The molecule has 0 aromatic heterocycles. The maximum atomic E-state index is 5.08. The molecule has 0 saturated carbocycles. The average molecular weight is 671 g/mol. The fourth-order valence-corrected chi connectivity index (χ4v) is 11.0. The van der Waals surface area contributed by atoms with Crippen molar-refractivity contribution >= 4 is 28.9 Å². The molecule has 0 fully saturated rings. The van der Waals surface area contributed by atoms with E-state index in [2.05, 4.69) is 130 Å². The monoisotopic (exact) mass is 670 g/mol. The first-order chi connectivity index (χ1) is 25.3. The molecule has 9 aliphatic rings. The van der Waals surface area contributed by atoms with Crippen LogP contribution in [0.3, 0.4) is 0 Å². The van der Waals surface area contributed by atoms with Gasteiger partial charge in [0.1, 0.15) is 0 Å². The van der Waals surface area contributed by atoms with Gasteiger partial charge in [0.25, 0.3) is 0 Å². The van der Waals surface area contributed by atoms with Crippen molar-refractivity contribution in [3.8, 4) is 0 Å². The van der Waals surface area contributed by atoms with Crippen molar-refractivity contribution in [3.05, 3.63) is 137 Å². The van der Waals surface area contributed by atoms with Crippen LogP contribution in [-0.4, -0.2) is 56.2 Å². The number of dihydropyridines is 2. The summed E-state index contributed by atoms with van der Waals surface area (Å²) in [4.78, 5) is 12.8. The van der Waals surface area contributed by atoms with Gasteiger partial charge in [0.2, 0.25) is 0 Å². The smallest absolute Gasteiger partial charge is 0.0845 e. The molecule has 0 bridgehead atoms. The summed E-state index contributed by atoms with van der Waals surface area (Å²) in [6.45, 7) is 2.85. The maximum absolute atomic E-state index is 5.08. The first-order valence-electron chi connectivity index (χ1n) is 19.4. The molecule has 256 valence electrons. The Kier molecular flexibility index (Phi) is 7.03. The van der Waals surface area contributed by atoms with Crippen LogP contribution >= 0.6 is 0 Å². The van der Waals surface area contributed by atoms with Crippen molar-refractivity contribution in [2.75, 3.05) is 24.5 Å². The van der Waals surface area contributed by atoms with Gasteiger partial charge in [-0.2, -0.15) is 0 Å². The van der Waals surface area contributed by atoms with Crippen molar-refractivity contribution in [1.82, 2.24) is 16.0 Å². The van der Waals surface area contributed by atoms with Crippen LogP contribution in [0.15, 0.2) is 141 Å². The van der Waals surface area contributed by atoms with Crippen molar-refractivity contribution in [2.24, 2.45) is 39.6 Å². The van der Waals surface area contributed by atoms with Gasteiger partial charge >= 0.3 is 0 Å². The first-order valence-corrected chi connectivity index (χ1v) is 19.4. The van der Waals surface area contributed by atoms with Gasteiger partial charge in [-0.05, 0) is 65.9 Å². The second-order valence-electron chi connectivity index (χ2n) is 15.9. The minimum atomic E-state index is 0.173. The molecule has 0 spiro atoms. The van der Waals surface area contributed by atoms with E-state index in [1.54, 1.807) is 5.57 Å². The molecule has 10 unspecified atom stereocenters. The third kappa shape index (κ3) is 4.71. The second-order valence-corrected chi connectivity index (χ2v) is 15.9. The Hall–Kier alpha value is -4.68. The minimum Gasteiger partial charge on any atom is -0.388 e. The van der Waals surface area contributed by atoms with Crippen LogP contribution in [0.5, 0.6) is 0 Å². The van der Waals surface area contributed by atoms with Gasteiger partial charge in [0, 0.05) is 84.1 Å². The van der Waals surface area contributed by atoms with Crippen LogP contribution in [0.2, 0.25) is 0 Å². The molecule has 6 heteroatoms. The van der Waals surface area contributed by atoms with Crippen LogP contribution < -0.4 is 20.9 Å². The number of benzene rings is 2. The fraction of sp³-hybridized carbons (Fsp3) is 0.378. The highest BCUT2D eigenvalue weighted by molar-refractivity contribution is 5.93. The SMILES string of the molecule is C1=CC2C(N3c4ccc5ccccc5c4C4CC(C5=CCC(C6=CC7=C(NCC=C7)C7NCC=CC67)CN5)C=CC43)=CC3CCC=NC3C2N=C1. The summed E-state index contributed by atoms with van der Waals surface area (Å²) < 4.78 is 0. The summed E-state index contributed by atoms with van der Waals surface area (Å²) in [7, 11) is 0. The molecule has 6 heterocycles. The molecular weight excluding hydrogens is 625 g/mol. The van der Waals surface area contributed by atoms with Gasteiger partial charge < -0.3 is 20.9 Å². The lowest BCUT2D eigenvalue weighted by atomic mass is 9.72. The summed E-state index contributed by atoms with van der Waals surface area (Å²) in [6, 6.07) is 14.9. The number of nitrogens with one attached hydrogen (secondary N) is 3. The summed E-state index contributed by atoms with van der Waals surface area (Å²) in [5.74, 6) is 2.38. The number of fused-ring (bicyclic) bond motifs is 10. The zero-order chi connectivity index (χ0) is 33.5. The van der Waals surface area contributed by atoms with Crippen LogP contribution in [0.1, 0.15) is 37.2 Å².